The highest BCUT2D eigenvalue weighted by Gasteiger charge is 2.39. The molecule has 0 aromatic carbocycles. The fourth-order valence-corrected chi connectivity index (χ4v) is 5.99. The van der Waals surface area contributed by atoms with Crippen molar-refractivity contribution in [2.45, 2.75) is 50.8 Å². The maximum Gasteiger partial charge on any atom is -0.00897 e. The highest BCUT2D eigenvalue weighted by Crippen LogP contribution is 2.68. The Morgan fingerprint density at radius 2 is 2.00 bits per heavy atom. The van der Waals surface area contributed by atoms with E-state index in [0.717, 1.165) is 11.3 Å². The first-order valence-corrected chi connectivity index (χ1v) is 6.98. The molecule has 1 saturated heterocycles. The number of rotatable bonds is 3. The minimum absolute atomic E-state index is 0.273. The zero-order valence-electron chi connectivity index (χ0n) is 8.66. The topological polar surface area (TPSA) is 0 Å². The summed E-state index contributed by atoms with van der Waals surface area (Å²) in [5.74, 6) is 0. The van der Waals surface area contributed by atoms with Gasteiger partial charge in [-0.25, -0.2) is 0 Å². The predicted molar refractivity (Wildman–Crippen MR) is 61.5 cm³/mol. The Kier molecular flexibility index (Phi) is 2.89. The van der Waals surface area contributed by atoms with Crippen molar-refractivity contribution in [1.82, 2.24) is 0 Å². The molecule has 0 N–H and O–H groups in total. The highest BCUT2D eigenvalue weighted by molar-refractivity contribution is 7.65. The molecule has 0 radical (unpaired) electrons. The standard InChI is InChI=1S/C12H19P/c1-3-10-9-11(4-2)13(10)12-7-5-6-8-12/h5-7,10-11H,3-4,8-9H2,1-2H3/t10-,11-/m1/s1. The Morgan fingerprint density at radius 3 is 2.46 bits per heavy atom. The van der Waals surface area contributed by atoms with Crippen molar-refractivity contribution in [2.75, 3.05) is 0 Å². The zero-order chi connectivity index (χ0) is 9.26. The van der Waals surface area contributed by atoms with Gasteiger partial charge in [0.05, 0.1) is 0 Å². The summed E-state index contributed by atoms with van der Waals surface area (Å²) in [5.41, 5.74) is 2.12. The molecule has 0 amide bonds. The normalized spacial score (nSPS) is 33.2. The van der Waals surface area contributed by atoms with Crippen molar-refractivity contribution in [2.24, 2.45) is 0 Å². The summed E-state index contributed by atoms with van der Waals surface area (Å²) >= 11 is 0. The van der Waals surface area contributed by atoms with Crippen LogP contribution in [0.1, 0.15) is 39.5 Å². The minimum Gasteiger partial charge on any atom is -0.0801 e. The second-order valence-electron chi connectivity index (χ2n) is 4.06. The molecule has 1 heterocycles. The van der Waals surface area contributed by atoms with Gasteiger partial charge in [-0.1, -0.05) is 40.0 Å². The maximum atomic E-state index is 2.39. The minimum atomic E-state index is 0.273. The molecule has 13 heavy (non-hydrogen) atoms. The van der Waals surface area contributed by atoms with Gasteiger partial charge < -0.3 is 0 Å². The van der Waals surface area contributed by atoms with Crippen molar-refractivity contribution in [3.05, 3.63) is 23.5 Å². The van der Waals surface area contributed by atoms with Crippen LogP contribution >= 0.6 is 7.92 Å². The van der Waals surface area contributed by atoms with Crippen LogP contribution in [0.5, 0.6) is 0 Å². The molecule has 0 nitrogen and oxygen atoms in total. The molecule has 1 fully saturated rings. The molecule has 0 bridgehead atoms. The van der Waals surface area contributed by atoms with E-state index in [-0.39, 0.29) is 7.92 Å². The number of allylic oxidation sites excluding steroid dienone is 4. The summed E-state index contributed by atoms with van der Waals surface area (Å²) in [6, 6.07) is 0. The lowest BCUT2D eigenvalue weighted by Crippen LogP contribution is -2.29. The van der Waals surface area contributed by atoms with E-state index in [1.165, 1.54) is 25.7 Å². The molecule has 2 aliphatic rings. The molecule has 2 atom stereocenters. The van der Waals surface area contributed by atoms with E-state index in [1.807, 2.05) is 0 Å². The van der Waals surface area contributed by atoms with Gasteiger partial charge in [0.15, 0.2) is 0 Å². The SMILES string of the molecule is CC[C@@H]1C[C@@H](CC)P1C1=CC=CC1. The third-order valence-electron chi connectivity index (χ3n) is 3.36. The van der Waals surface area contributed by atoms with Crippen LogP contribution in [-0.4, -0.2) is 11.3 Å². The second-order valence-corrected chi connectivity index (χ2v) is 6.91. The van der Waals surface area contributed by atoms with Crippen molar-refractivity contribution >= 4 is 7.92 Å². The lowest BCUT2D eigenvalue weighted by atomic mass is 10.1. The summed E-state index contributed by atoms with van der Waals surface area (Å²) in [5, 5.41) is 1.78. The van der Waals surface area contributed by atoms with Crippen LogP contribution < -0.4 is 0 Å². The first-order valence-electron chi connectivity index (χ1n) is 5.50. The molecular formula is C12H19P. The quantitative estimate of drug-likeness (QED) is 0.588. The smallest absolute Gasteiger partial charge is 0.00897 e. The molecule has 0 aromatic heterocycles. The number of hydrogen-bond donors (Lipinski definition) is 0. The van der Waals surface area contributed by atoms with Crippen LogP contribution in [-0.2, 0) is 0 Å². The molecule has 0 aromatic rings. The van der Waals surface area contributed by atoms with E-state index in [1.54, 1.807) is 5.31 Å². The zero-order valence-corrected chi connectivity index (χ0v) is 9.56. The van der Waals surface area contributed by atoms with Gasteiger partial charge in [0.2, 0.25) is 0 Å². The maximum absolute atomic E-state index is 2.39. The molecule has 1 aliphatic carbocycles. The molecule has 1 aliphatic heterocycles. The molecule has 0 unspecified atom stereocenters. The van der Waals surface area contributed by atoms with Gasteiger partial charge >= 0.3 is 0 Å². The molecule has 2 rings (SSSR count). The van der Waals surface area contributed by atoms with Gasteiger partial charge in [0.1, 0.15) is 0 Å². The Balaban J connectivity index is 2.02. The summed E-state index contributed by atoms with van der Waals surface area (Å²) in [6.07, 6.45) is 12.5. The van der Waals surface area contributed by atoms with E-state index < -0.39 is 0 Å². The van der Waals surface area contributed by atoms with Crippen LogP contribution in [0.15, 0.2) is 23.5 Å². The summed E-state index contributed by atoms with van der Waals surface area (Å²) in [4.78, 5) is 0. The highest BCUT2D eigenvalue weighted by atomic mass is 31.1. The Hall–Kier alpha value is -0.0900. The molecular weight excluding hydrogens is 175 g/mol. The van der Waals surface area contributed by atoms with Gasteiger partial charge in [0, 0.05) is 0 Å². The van der Waals surface area contributed by atoms with Crippen LogP contribution in [0.25, 0.3) is 0 Å². The second kappa shape index (κ2) is 3.96. The largest absolute Gasteiger partial charge is 0.0801 e. The summed E-state index contributed by atoms with van der Waals surface area (Å²) in [6.45, 7) is 4.71. The third-order valence-corrected chi connectivity index (χ3v) is 7.08. The average Bonchev–Trinajstić information content (AvgIpc) is 2.57. The summed E-state index contributed by atoms with van der Waals surface area (Å²) in [7, 11) is 0.273. The van der Waals surface area contributed by atoms with Gasteiger partial charge in [-0.05, 0) is 42.3 Å². The van der Waals surface area contributed by atoms with Gasteiger partial charge in [0.25, 0.3) is 0 Å². The Morgan fingerprint density at radius 1 is 1.31 bits per heavy atom. The van der Waals surface area contributed by atoms with E-state index in [2.05, 4.69) is 32.1 Å². The molecule has 72 valence electrons. The molecule has 0 saturated carbocycles. The predicted octanol–water partition coefficient (Wildman–Crippen LogP) is 4.27. The van der Waals surface area contributed by atoms with Crippen LogP contribution in [0.2, 0.25) is 0 Å². The van der Waals surface area contributed by atoms with E-state index in [4.69, 9.17) is 0 Å². The van der Waals surface area contributed by atoms with Crippen molar-refractivity contribution in [3.63, 3.8) is 0 Å². The fraction of sp³-hybridized carbons (Fsp3) is 0.667. The van der Waals surface area contributed by atoms with Crippen molar-refractivity contribution < 1.29 is 0 Å². The number of hydrogen-bond acceptors (Lipinski definition) is 0. The molecule has 1 heteroatoms. The lowest BCUT2D eigenvalue weighted by Gasteiger charge is -2.46. The van der Waals surface area contributed by atoms with Crippen molar-refractivity contribution in [1.29, 1.82) is 0 Å². The average molecular weight is 194 g/mol. The van der Waals surface area contributed by atoms with E-state index >= 15 is 0 Å². The first kappa shape index (κ1) is 9.46. The van der Waals surface area contributed by atoms with Gasteiger partial charge in [-0.15, -0.1) is 0 Å². The monoisotopic (exact) mass is 194 g/mol. The summed E-state index contributed by atoms with van der Waals surface area (Å²) < 4.78 is 0. The van der Waals surface area contributed by atoms with E-state index in [9.17, 15) is 0 Å². The Labute approximate surface area is 82.9 Å². The van der Waals surface area contributed by atoms with Crippen LogP contribution in [0, 0.1) is 0 Å². The molecule has 0 spiro atoms. The van der Waals surface area contributed by atoms with Crippen molar-refractivity contribution in [3.8, 4) is 0 Å². The first-order chi connectivity index (χ1) is 6.36. The third kappa shape index (κ3) is 1.62. The van der Waals surface area contributed by atoms with E-state index in [0.29, 0.717) is 0 Å². The Bertz CT molecular complexity index is 230. The van der Waals surface area contributed by atoms with Gasteiger partial charge in [-0.2, -0.15) is 0 Å². The fourth-order valence-electron chi connectivity index (χ4n) is 2.52. The van der Waals surface area contributed by atoms with Crippen LogP contribution in [0.3, 0.4) is 0 Å². The van der Waals surface area contributed by atoms with Crippen LogP contribution in [0.4, 0.5) is 0 Å². The van der Waals surface area contributed by atoms with Gasteiger partial charge in [-0.3, -0.25) is 0 Å². The lowest BCUT2D eigenvalue weighted by molar-refractivity contribution is 0.606.